The molecule has 3 N–H and O–H groups in total. The number of nitrogens with one attached hydrogen (secondary N) is 1. The van der Waals surface area contributed by atoms with E-state index < -0.39 is 11.0 Å². The van der Waals surface area contributed by atoms with Crippen LogP contribution >= 0.6 is 11.6 Å². The van der Waals surface area contributed by atoms with Gasteiger partial charge in [-0.3, -0.25) is 24.7 Å². The van der Waals surface area contributed by atoms with E-state index in [9.17, 15) is 14.9 Å². The molecule has 6 rings (SSSR count). The summed E-state index contributed by atoms with van der Waals surface area (Å²) in [7, 11) is 0. The van der Waals surface area contributed by atoms with Crippen LogP contribution in [0.3, 0.4) is 0 Å². The van der Waals surface area contributed by atoms with E-state index in [1.54, 1.807) is 18.3 Å². The number of non-ortho nitro benzene ring substituents is 1. The number of carbonyl (C=O) groups excluding carboxylic acids is 1. The largest absolute Gasteiger partial charge is 0.383 e. The van der Waals surface area contributed by atoms with E-state index >= 15 is 0 Å². The van der Waals surface area contributed by atoms with Crippen LogP contribution in [0.4, 0.5) is 28.8 Å². The molecular weight excluding hydrogens is 568 g/mol. The number of nitro groups is 1. The van der Waals surface area contributed by atoms with Gasteiger partial charge in [-0.25, -0.2) is 4.98 Å². The number of hydrogen-bond donors (Lipinski definition) is 2. The fraction of sp³-hybridized carbons (Fsp3) is 0.258. The highest BCUT2D eigenvalue weighted by atomic mass is 35.5. The minimum Gasteiger partial charge on any atom is -0.383 e. The summed E-state index contributed by atoms with van der Waals surface area (Å²) in [6, 6.07) is 19.5. The highest BCUT2D eigenvalue weighted by Crippen LogP contribution is 2.38. The number of fused-ring (bicyclic) bond motifs is 1. The lowest BCUT2D eigenvalue weighted by atomic mass is 10.1. The topological polar surface area (TPSA) is 134 Å². The van der Waals surface area contributed by atoms with Crippen molar-refractivity contribution in [3.8, 4) is 0 Å². The molecule has 1 fully saturated rings. The first-order valence-electron chi connectivity index (χ1n) is 14.0. The Labute approximate surface area is 254 Å². The van der Waals surface area contributed by atoms with Gasteiger partial charge in [0.15, 0.2) is 0 Å². The fourth-order valence-corrected chi connectivity index (χ4v) is 5.68. The maximum absolute atomic E-state index is 13.8. The minimum absolute atomic E-state index is 0.0777. The Morgan fingerprint density at radius 1 is 1.05 bits per heavy atom. The molecule has 0 radical (unpaired) electrons. The maximum Gasteiger partial charge on any atom is 0.269 e. The Balaban J connectivity index is 1.13. The van der Waals surface area contributed by atoms with Crippen LogP contribution in [0.25, 0.3) is 0 Å². The monoisotopic (exact) mass is 598 g/mol. The second-order valence-corrected chi connectivity index (χ2v) is 11.3. The van der Waals surface area contributed by atoms with Gasteiger partial charge in [0, 0.05) is 72.8 Å². The number of nitrogens with two attached hydrogens (primary N) is 1. The summed E-state index contributed by atoms with van der Waals surface area (Å²) in [5, 5.41) is 14.9. The third-order valence-corrected chi connectivity index (χ3v) is 8.17. The number of anilines is 4. The predicted octanol–water partition coefficient (Wildman–Crippen LogP) is 4.80. The molecule has 4 aromatic rings. The molecule has 1 unspecified atom stereocenters. The molecule has 0 spiro atoms. The SMILES string of the molecule is Cc1ccc2c(c1)C(Nc1ncc(Cc3ccc(Cl)cc3)c(N)n1)C(=O)N2CN1CCN(c2ccc([N+](=O)[O-])cc2)CC1. The maximum atomic E-state index is 13.8. The number of hydrogen-bond acceptors (Lipinski definition) is 9. The Kier molecular flexibility index (Phi) is 7.83. The van der Waals surface area contributed by atoms with Gasteiger partial charge < -0.3 is 16.0 Å². The van der Waals surface area contributed by atoms with E-state index in [0.29, 0.717) is 29.9 Å². The quantitative estimate of drug-likeness (QED) is 0.217. The van der Waals surface area contributed by atoms with Gasteiger partial charge in [0.2, 0.25) is 5.95 Å². The normalized spacial score (nSPS) is 16.8. The van der Waals surface area contributed by atoms with Crippen molar-refractivity contribution in [2.45, 2.75) is 19.4 Å². The fourth-order valence-electron chi connectivity index (χ4n) is 5.55. The van der Waals surface area contributed by atoms with Gasteiger partial charge in [-0.2, -0.15) is 4.98 Å². The molecular formula is C31H31ClN8O3. The lowest BCUT2D eigenvalue weighted by molar-refractivity contribution is -0.384. The molecule has 1 saturated heterocycles. The van der Waals surface area contributed by atoms with Crippen molar-refractivity contribution in [3.05, 3.63) is 110 Å². The van der Waals surface area contributed by atoms with Crippen LogP contribution in [0.2, 0.25) is 5.02 Å². The van der Waals surface area contributed by atoms with Crippen LogP contribution in [-0.4, -0.2) is 58.5 Å². The summed E-state index contributed by atoms with van der Waals surface area (Å²) in [6.07, 6.45) is 2.26. The van der Waals surface area contributed by atoms with Gasteiger partial charge in [-0.15, -0.1) is 0 Å². The molecule has 1 aromatic heterocycles. The first-order chi connectivity index (χ1) is 20.7. The number of aryl methyl sites for hydroxylation is 1. The van der Waals surface area contributed by atoms with Crippen molar-refractivity contribution < 1.29 is 9.72 Å². The standard InChI is InChI=1S/C31H31ClN8O3/c1-20-2-11-27-26(16-20)28(35-31-34-18-22(29(33)36-31)17-21-3-5-23(32)6-4-21)30(41)39(27)19-37-12-14-38(15-13-37)24-7-9-25(10-8-24)40(42)43/h2-11,16,18,28H,12-15,17,19H2,1H3,(H3,33,34,35,36). The van der Waals surface area contributed by atoms with E-state index in [-0.39, 0.29) is 11.6 Å². The average molecular weight is 599 g/mol. The number of rotatable bonds is 8. The summed E-state index contributed by atoms with van der Waals surface area (Å²) in [6.45, 7) is 5.44. The summed E-state index contributed by atoms with van der Waals surface area (Å²) < 4.78 is 0. The summed E-state index contributed by atoms with van der Waals surface area (Å²) >= 11 is 6.00. The van der Waals surface area contributed by atoms with Gasteiger partial charge in [0.05, 0.1) is 17.3 Å². The predicted molar refractivity (Wildman–Crippen MR) is 167 cm³/mol. The van der Waals surface area contributed by atoms with Gasteiger partial charge in [-0.1, -0.05) is 41.4 Å². The van der Waals surface area contributed by atoms with Crippen molar-refractivity contribution in [3.63, 3.8) is 0 Å². The number of piperazine rings is 1. The summed E-state index contributed by atoms with van der Waals surface area (Å²) in [5.41, 5.74) is 11.9. The molecule has 3 aromatic carbocycles. The molecule has 1 amide bonds. The molecule has 220 valence electrons. The van der Waals surface area contributed by atoms with Crippen LogP contribution in [0.15, 0.2) is 72.9 Å². The summed E-state index contributed by atoms with van der Waals surface area (Å²) in [5.74, 6) is 0.567. The van der Waals surface area contributed by atoms with Crippen LogP contribution in [0, 0.1) is 17.0 Å². The van der Waals surface area contributed by atoms with E-state index in [2.05, 4.69) is 25.1 Å². The number of aromatic nitrogens is 2. The van der Waals surface area contributed by atoms with Crippen LogP contribution in [0.1, 0.15) is 28.3 Å². The second-order valence-electron chi connectivity index (χ2n) is 10.8. The zero-order valence-corrected chi connectivity index (χ0v) is 24.4. The smallest absolute Gasteiger partial charge is 0.269 e. The summed E-state index contributed by atoms with van der Waals surface area (Å²) in [4.78, 5) is 39.6. The number of nitro benzene ring substituents is 1. The van der Waals surface area contributed by atoms with Gasteiger partial charge >= 0.3 is 0 Å². The van der Waals surface area contributed by atoms with Crippen molar-refractivity contribution in [2.75, 3.05) is 53.7 Å². The third-order valence-electron chi connectivity index (χ3n) is 7.92. The number of benzene rings is 3. The van der Waals surface area contributed by atoms with Gasteiger partial charge in [-0.05, 0) is 42.8 Å². The average Bonchev–Trinajstić information content (AvgIpc) is 3.25. The highest BCUT2D eigenvalue weighted by molar-refractivity contribution is 6.30. The molecule has 0 bridgehead atoms. The molecule has 1 atom stereocenters. The Morgan fingerprint density at radius 3 is 2.44 bits per heavy atom. The van der Waals surface area contributed by atoms with Crippen LogP contribution in [-0.2, 0) is 11.2 Å². The lowest BCUT2D eigenvalue weighted by Gasteiger charge is -2.37. The Bertz CT molecular complexity index is 1660. The lowest BCUT2D eigenvalue weighted by Crippen LogP contribution is -2.51. The Morgan fingerprint density at radius 2 is 1.77 bits per heavy atom. The number of nitrogen functional groups attached to an aromatic ring is 1. The van der Waals surface area contributed by atoms with E-state index in [0.717, 1.165) is 59.8 Å². The zero-order chi connectivity index (χ0) is 30.1. The van der Waals surface area contributed by atoms with Crippen molar-refractivity contribution in [2.24, 2.45) is 0 Å². The molecule has 3 heterocycles. The second kappa shape index (κ2) is 11.9. The van der Waals surface area contributed by atoms with E-state index in [4.69, 9.17) is 17.3 Å². The number of nitrogens with zero attached hydrogens (tertiary/aromatic N) is 6. The van der Waals surface area contributed by atoms with Gasteiger partial charge in [0.25, 0.3) is 11.6 Å². The minimum atomic E-state index is -0.641. The van der Waals surface area contributed by atoms with E-state index in [1.807, 2.05) is 54.3 Å². The highest BCUT2D eigenvalue weighted by Gasteiger charge is 2.39. The van der Waals surface area contributed by atoms with E-state index in [1.165, 1.54) is 12.1 Å². The first-order valence-corrected chi connectivity index (χ1v) is 14.4. The molecule has 0 aliphatic carbocycles. The van der Waals surface area contributed by atoms with Crippen molar-refractivity contribution in [1.29, 1.82) is 0 Å². The molecule has 11 nitrogen and oxygen atoms in total. The van der Waals surface area contributed by atoms with Gasteiger partial charge in [0.1, 0.15) is 11.9 Å². The van der Waals surface area contributed by atoms with Crippen molar-refractivity contribution >= 4 is 46.3 Å². The molecule has 43 heavy (non-hydrogen) atoms. The number of amides is 1. The van der Waals surface area contributed by atoms with Crippen molar-refractivity contribution in [1.82, 2.24) is 14.9 Å². The van der Waals surface area contributed by atoms with Crippen LogP contribution < -0.4 is 20.9 Å². The number of halogens is 1. The molecule has 2 aliphatic heterocycles. The molecule has 0 saturated carbocycles. The molecule has 2 aliphatic rings. The first kappa shape index (κ1) is 28.4. The molecule has 12 heteroatoms. The number of carbonyl (C=O) groups is 1. The Hall–Kier alpha value is -4.74. The zero-order valence-electron chi connectivity index (χ0n) is 23.6. The van der Waals surface area contributed by atoms with Crippen LogP contribution in [0.5, 0.6) is 0 Å². The third kappa shape index (κ3) is 6.08.